The highest BCUT2D eigenvalue weighted by atomic mass is 19.1. The Morgan fingerprint density at radius 3 is 2.63 bits per heavy atom. The third-order valence-electron chi connectivity index (χ3n) is 2.80. The molecule has 19 heavy (non-hydrogen) atoms. The first-order valence-electron chi connectivity index (χ1n) is 6.32. The summed E-state index contributed by atoms with van der Waals surface area (Å²) in [4.78, 5) is 0. The van der Waals surface area contributed by atoms with Gasteiger partial charge in [-0.15, -0.1) is 0 Å². The van der Waals surface area contributed by atoms with Gasteiger partial charge in [0.2, 0.25) is 0 Å². The fourth-order valence-electron chi connectivity index (χ4n) is 1.69. The Hall–Kier alpha value is -1.17. The van der Waals surface area contributed by atoms with Crippen LogP contribution in [-0.2, 0) is 9.47 Å². The van der Waals surface area contributed by atoms with Crippen LogP contribution in [0.3, 0.4) is 0 Å². The molecule has 0 aliphatic heterocycles. The number of ether oxygens (including phenoxy) is 3. The van der Waals surface area contributed by atoms with E-state index in [1.807, 2.05) is 6.92 Å². The predicted octanol–water partition coefficient (Wildman–Crippen LogP) is 2.15. The van der Waals surface area contributed by atoms with Crippen molar-refractivity contribution in [3.63, 3.8) is 0 Å². The number of rotatable bonds is 9. The van der Waals surface area contributed by atoms with Crippen molar-refractivity contribution in [1.82, 2.24) is 5.32 Å². The first-order chi connectivity index (χ1) is 9.19. The van der Waals surface area contributed by atoms with Crippen molar-refractivity contribution in [2.45, 2.75) is 13.0 Å². The van der Waals surface area contributed by atoms with Gasteiger partial charge in [-0.3, -0.25) is 0 Å². The number of hydrogen-bond acceptors (Lipinski definition) is 4. The Kier molecular flexibility index (Phi) is 7.40. The Balaban J connectivity index is 2.34. The molecule has 1 N–H and O–H groups in total. The van der Waals surface area contributed by atoms with Crippen LogP contribution in [0.1, 0.15) is 18.5 Å². The SMILES string of the molecule is COCCOCCNC(C)c1ccc(OC)cc1F. The molecule has 0 aliphatic rings. The van der Waals surface area contributed by atoms with E-state index in [0.717, 1.165) is 0 Å². The topological polar surface area (TPSA) is 39.7 Å². The Morgan fingerprint density at radius 2 is 2.00 bits per heavy atom. The van der Waals surface area contributed by atoms with Crippen molar-refractivity contribution < 1.29 is 18.6 Å². The highest BCUT2D eigenvalue weighted by molar-refractivity contribution is 5.30. The predicted molar refractivity (Wildman–Crippen MR) is 72.1 cm³/mol. The van der Waals surface area contributed by atoms with Crippen molar-refractivity contribution in [2.75, 3.05) is 40.6 Å². The first-order valence-corrected chi connectivity index (χ1v) is 6.32. The van der Waals surface area contributed by atoms with Gasteiger partial charge in [-0.1, -0.05) is 6.07 Å². The van der Waals surface area contributed by atoms with Crippen LogP contribution in [0.4, 0.5) is 4.39 Å². The largest absolute Gasteiger partial charge is 0.497 e. The van der Waals surface area contributed by atoms with Crippen molar-refractivity contribution in [2.24, 2.45) is 0 Å². The molecule has 0 aromatic heterocycles. The average molecular weight is 271 g/mol. The van der Waals surface area contributed by atoms with Crippen molar-refractivity contribution in [3.05, 3.63) is 29.6 Å². The molecule has 108 valence electrons. The highest BCUT2D eigenvalue weighted by Gasteiger charge is 2.10. The van der Waals surface area contributed by atoms with Crippen LogP contribution in [0, 0.1) is 5.82 Å². The van der Waals surface area contributed by atoms with Crippen molar-refractivity contribution in [1.29, 1.82) is 0 Å². The molecule has 1 rings (SSSR count). The van der Waals surface area contributed by atoms with E-state index in [9.17, 15) is 4.39 Å². The second-order valence-electron chi connectivity index (χ2n) is 4.17. The van der Waals surface area contributed by atoms with Gasteiger partial charge in [0, 0.05) is 31.3 Å². The smallest absolute Gasteiger partial charge is 0.131 e. The van der Waals surface area contributed by atoms with Crippen LogP contribution in [-0.4, -0.2) is 40.6 Å². The van der Waals surface area contributed by atoms with Gasteiger partial charge in [-0.2, -0.15) is 0 Å². The summed E-state index contributed by atoms with van der Waals surface area (Å²) < 4.78 is 29.0. The molecule has 1 atom stereocenters. The molecule has 5 heteroatoms. The van der Waals surface area contributed by atoms with Crippen molar-refractivity contribution >= 4 is 0 Å². The number of hydrogen-bond donors (Lipinski definition) is 1. The summed E-state index contributed by atoms with van der Waals surface area (Å²) in [5, 5.41) is 3.21. The zero-order valence-electron chi connectivity index (χ0n) is 11.7. The van der Waals surface area contributed by atoms with E-state index in [-0.39, 0.29) is 11.9 Å². The summed E-state index contributed by atoms with van der Waals surface area (Å²) in [5.41, 5.74) is 0.623. The molecule has 0 saturated heterocycles. The second-order valence-corrected chi connectivity index (χ2v) is 4.17. The standard InChI is InChI=1S/C14H22FNO3/c1-11(16-6-7-19-9-8-17-2)13-5-4-12(18-3)10-14(13)15/h4-5,10-11,16H,6-9H2,1-3H3. The van der Waals surface area contributed by atoms with Gasteiger partial charge < -0.3 is 19.5 Å². The van der Waals surface area contributed by atoms with Crippen LogP contribution in [0.5, 0.6) is 5.75 Å². The summed E-state index contributed by atoms with van der Waals surface area (Å²) >= 11 is 0. The maximum atomic E-state index is 13.8. The van der Waals surface area contributed by atoms with Gasteiger partial charge in [0.15, 0.2) is 0 Å². The van der Waals surface area contributed by atoms with Crippen LogP contribution in [0.15, 0.2) is 18.2 Å². The molecule has 1 aromatic carbocycles. The zero-order chi connectivity index (χ0) is 14.1. The highest BCUT2D eigenvalue weighted by Crippen LogP contribution is 2.21. The van der Waals surface area contributed by atoms with E-state index in [2.05, 4.69) is 5.32 Å². The molecule has 1 aromatic rings. The molecular formula is C14H22FNO3. The minimum atomic E-state index is -0.264. The lowest BCUT2D eigenvalue weighted by Crippen LogP contribution is -2.24. The minimum absolute atomic E-state index is 0.0723. The molecule has 0 heterocycles. The maximum absolute atomic E-state index is 13.8. The Morgan fingerprint density at radius 1 is 1.21 bits per heavy atom. The molecule has 0 spiro atoms. The van der Waals surface area contributed by atoms with E-state index in [4.69, 9.17) is 14.2 Å². The molecule has 0 amide bonds. The van der Waals surface area contributed by atoms with Crippen LogP contribution < -0.4 is 10.1 Å². The number of methoxy groups -OCH3 is 2. The molecule has 0 bridgehead atoms. The van der Waals surface area contributed by atoms with E-state index in [0.29, 0.717) is 37.7 Å². The van der Waals surface area contributed by atoms with Gasteiger partial charge in [-0.25, -0.2) is 4.39 Å². The molecule has 4 nitrogen and oxygen atoms in total. The Bertz CT molecular complexity index is 374. The zero-order valence-corrected chi connectivity index (χ0v) is 11.7. The maximum Gasteiger partial charge on any atom is 0.131 e. The van der Waals surface area contributed by atoms with E-state index < -0.39 is 0 Å². The van der Waals surface area contributed by atoms with Crippen LogP contribution >= 0.6 is 0 Å². The van der Waals surface area contributed by atoms with Gasteiger partial charge >= 0.3 is 0 Å². The monoisotopic (exact) mass is 271 g/mol. The molecule has 0 aliphatic carbocycles. The first kappa shape index (κ1) is 15.9. The summed E-state index contributed by atoms with van der Waals surface area (Å²) in [7, 11) is 3.16. The second kappa shape index (κ2) is 8.85. The molecular weight excluding hydrogens is 249 g/mol. The fourth-order valence-corrected chi connectivity index (χ4v) is 1.69. The molecule has 0 saturated carbocycles. The van der Waals surface area contributed by atoms with Gasteiger partial charge in [0.05, 0.1) is 26.9 Å². The lowest BCUT2D eigenvalue weighted by Gasteiger charge is -2.15. The van der Waals surface area contributed by atoms with E-state index >= 15 is 0 Å². The summed E-state index contributed by atoms with van der Waals surface area (Å²) in [6.45, 7) is 4.31. The lowest BCUT2D eigenvalue weighted by molar-refractivity contribution is 0.0712. The summed E-state index contributed by atoms with van der Waals surface area (Å²) in [6.07, 6.45) is 0. The van der Waals surface area contributed by atoms with E-state index in [1.165, 1.54) is 13.2 Å². The van der Waals surface area contributed by atoms with Crippen LogP contribution in [0.25, 0.3) is 0 Å². The molecule has 1 unspecified atom stereocenters. The number of nitrogens with one attached hydrogen (secondary N) is 1. The third-order valence-corrected chi connectivity index (χ3v) is 2.80. The number of halogens is 1. The van der Waals surface area contributed by atoms with Gasteiger partial charge in [0.25, 0.3) is 0 Å². The van der Waals surface area contributed by atoms with Crippen LogP contribution in [0.2, 0.25) is 0 Å². The van der Waals surface area contributed by atoms with Gasteiger partial charge in [-0.05, 0) is 13.0 Å². The molecule has 0 fully saturated rings. The average Bonchev–Trinajstić information content (AvgIpc) is 2.42. The van der Waals surface area contributed by atoms with E-state index in [1.54, 1.807) is 19.2 Å². The number of benzene rings is 1. The normalized spacial score (nSPS) is 12.4. The summed E-state index contributed by atoms with van der Waals surface area (Å²) in [6, 6.07) is 4.81. The quantitative estimate of drug-likeness (QED) is 0.699. The van der Waals surface area contributed by atoms with Gasteiger partial charge in [0.1, 0.15) is 11.6 Å². The minimum Gasteiger partial charge on any atom is -0.497 e. The van der Waals surface area contributed by atoms with Crippen molar-refractivity contribution in [3.8, 4) is 5.75 Å². The molecule has 0 radical (unpaired) electrons. The third kappa shape index (κ3) is 5.55. The Labute approximate surface area is 113 Å². The fraction of sp³-hybridized carbons (Fsp3) is 0.571. The lowest BCUT2D eigenvalue weighted by atomic mass is 10.1. The summed E-state index contributed by atoms with van der Waals surface area (Å²) in [5.74, 6) is 0.260.